The molecule has 3 aromatic rings. The van der Waals surface area contributed by atoms with Gasteiger partial charge in [-0.15, -0.1) is 0 Å². The molecule has 0 aliphatic carbocycles. The minimum absolute atomic E-state index is 0.299. The standard InChI is InChI=1S/C16H13NO2S/c1-19-11-6-9-16(17-10-11)20-15-8-7-14(18)12-4-2-3-5-13(12)15/h2-10,18H,1H3. The normalized spacial score (nSPS) is 10.7. The summed E-state index contributed by atoms with van der Waals surface area (Å²) in [6.45, 7) is 0. The molecule has 0 amide bonds. The van der Waals surface area contributed by atoms with Crippen molar-refractivity contribution in [2.75, 3.05) is 7.11 Å². The van der Waals surface area contributed by atoms with Gasteiger partial charge in [0, 0.05) is 10.3 Å². The molecule has 0 radical (unpaired) electrons. The van der Waals surface area contributed by atoms with Crippen molar-refractivity contribution in [2.24, 2.45) is 0 Å². The van der Waals surface area contributed by atoms with Crippen molar-refractivity contribution in [2.45, 2.75) is 9.92 Å². The van der Waals surface area contributed by atoms with Gasteiger partial charge in [-0.05, 0) is 29.7 Å². The average Bonchev–Trinajstić information content (AvgIpc) is 2.51. The molecule has 4 heteroatoms. The molecule has 2 aromatic carbocycles. The molecule has 100 valence electrons. The molecular weight excluding hydrogens is 270 g/mol. The lowest BCUT2D eigenvalue weighted by molar-refractivity contribution is 0.412. The molecule has 0 unspecified atom stereocenters. The first-order valence-corrected chi connectivity index (χ1v) is 6.98. The third-order valence-corrected chi connectivity index (χ3v) is 4.05. The van der Waals surface area contributed by atoms with Crippen LogP contribution in [0, 0.1) is 0 Å². The molecule has 0 saturated heterocycles. The molecule has 3 rings (SSSR count). The van der Waals surface area contributed by atoms with Crippen LogP contribution in [0.1, 0.15) is 0 Å². The van der Waals surface area contributed by atoms with Crippen molar-refractivity contribution >= 4 is 22.5 Å². The number of rotatable bonds is 3. The predicted molar refractivity (Wildman–Crippen MR) is 80.5 cm³/mol. The van der Waals surface area contributed by atoms with Crippen molar-refractivity contribution in [3.05, 3.63) is 54.7 Å². The average molecular weight is 283 g/mol. The molecule has 0 bridgehead atoms. The smallest absolute Gasteiger partial charge is 0.137 e. The summed E-state index contributed by atoms with van der Waals surface area (Å²) in [4.78, 5) is 5.42. The largest absolute Gasteiger partial charge is 0.507 e. The van der Waals surface area contributed by atoms with Gasteiger partial charge in [-0.1, -0.05) is 36.0 Å². The zero-order valence-corrected chi connectivity index (χ0v) is 11.7. The van der Waals surface area contributed by atoms with Gasteiger partial charge in [0.2, 0.25) is 0 Å². The van der Waals surface area contributed by atoms with Gasteiger partial charge in [0.15, 0.2) is 0 Å². The number of aromatic nitrogens is 1. The zero-order chi connectivity index (χ0) is 13.9. The van der Waals surface area contributed by atoms with Crippen LogP contribution in [0.5, 0.6) is 11.5 Å². The fraction of sp³-hybridized carbons (Fsp3) is 0.0625. The Balaban J connectivity index is 2.00. The Morgan fingerprint density at radius 2 is 1.80 bits per heavy atom. The molecule has 0 fully saturated rings. The Morgan fingerprint density at radius 1 is 1.00 bits per heavy atom. The number of pyridine rings is 1. The van der Waals surface area contributed by atoms with Gasteiger partial charge in [-0.25, -0.2) is 4.98 Å². The second kappa shape index (κ2) is 5.43. The third kappa shape index (κ3) is 2.42. The molecule has 0 saturated carbocycles. The summed E-state index contributed by atoms with van der Waals surface area (Å²) < 4.78 is 5.10. The number of nitrogens with zero attached hydrogens (tertiary/aromatic N) is 1. The summed E-state index contributed by atoms with van der Waals surface area (Å²) >= 11 is 1.57. The van der Waals surface area contributed by atoms with E-state index in [-0.39, 0.29) is 0 Å². The van der Waals surface area contributed by atoms with Crippen LogP contribution >= 0.6 is 11.8 Å². The second-order valence-corrected chi connectivity index (χ2v) is 5.33. The van der Waals surface area contributed by atoms with E-state index in [2.05, 4.69) is 4.98 Å². The molecule has 0 aliphatic heterocycles. The van der Waals surface area contributed by atoms with Crippen molar-refractivity contribution in [3.63, 3.8) is 0 Å². The van der Waals surface area contributed by atoms with Gasteiger partial charge in [-0.2, -0.15) is 0 Å². The van der Waals surface area contributed by atoms with Crippen molar-refractivity contribution in [1.29, 1.82) is 0 Å². The van der Waals surface area contributed by atoms with Crippen LogP contribution in [0.15, 0.2) is 64.6 Å². The van der Waals surface area contributed by atoms with Crippen LogP contribution in [0.3, 0.4) is 0 Å². The molecular formula is C16H13NO2S. The monoisotopic (exact) mass is 283 g/mol. The molecule has 1 N–H and O–H groups in total. The number of hydrogen-bond donors (Lipinski definition) is 1. The number of hydrogen-bond acceptors (Lipinski definition) is 4. The van der Waals surface area contributed by atoms with Crippen molar-refractivity contribution in [1.82, 2.24) is 4.98 Å². The molecule has 20 heavy (non-hydrogen) atoms. The van der Waals surface area contributed by atoms with Crippen molar-refractivity contribution in [3.8, 4) is 11.5 Å². The summed E-state index contributed by atoms with van der Waals surface area (Å²) in [7, 11) is 1.62. The highest BCUT2D eigenvalue weighted by molar-refractivity contribution is 7.99. The topological polar surface area (TPSA) is 42.4 Å². The van der Waals surface area contributed by atoms with E-state index in [0.29, 0.717) is 5.75 Å². The second-order valence-electron chi connectivity index (χ2n) is 4.27. The maximum absolute atomic E-state index is 9.89. The Morgan fingerprint density at radius 3 is 2.50 bits per heavy atom. The Labute approximate surface area is 121 Å². The Bertz CT molecular complexity index is 741. The number of ether oxygens (including phenoxy) is 1. The third-order valence-electron chi connectivity index (χ3n) is 3.02. The fourth-order valence-corrected chi connectivity index (χ4v) is 2.90. The summed E-state index contributed by atoms with van der Waals surface area (Å²) in [5.41, 5.74) is 0. The summed E-state index contributed by atoms with van der Waals surface area (Å²) in [5.74, 6) is 1.04. The van der Waals surface area contributed by atoms with Crippen LogP contribution in [-0.2, 0) is 0 Å². The lowest BCUT2D eigenvalue weighted by atomic mass is 10.1. The summed E-state index contributed by atoms with van der Waals surface area (Å²) in [5, 5.41) is 12.7. The number of methoxy groups -OCH3 is 1. The fourth-order valence-electron chi connectivity index (χ4n) is 2.01. The van der Waals surface area contributed by atoms with E-state index < -0.39 is 0 Å². The van der Waals surface area contributed by atoms with Crippen LogP contribution in [0.2, 0.25) is 0 Å². The van der Waals surface area contributed by atoms with Gasteiger partial charge in [0.1, 0.15) is 16.5 Å². The first kappa shape index (κ1) is 12.8. The number of phenolic OH excluding ortho intramolecular Hbond substituents is 1. The van der Waals surface area contributed by atoms with E-state index in [9.17, 15) is 5.11 Å². The summed E-state index contributed by atoms with van der Waals surface area (Å²) in [6.07, 6.45) is 1.70. The van der Waals surface area contributed by atoms with E-state index in [1.165, 1.54) is 0 Å². The highest BCUT2D eigenvalue weighted by atomic mass is 32.2. The first-order valence-electron chi connectivity index (χ1n) is 6.16. The highest BCUT2D eigenvalue weighted by Crippen LogP contribution is 2.36. The molecule has 0 aliphatic rings. The van der Waals surface area contributed by atoms with E-state index in [4.69, 9.17) is 4.74 Å². The maximum Gasteiger partial charge on any atom is 0.137 e. The number of fused-ring (bicyclic) bond motifs is 1. The number of phenols is 1. The summed E-state index contributed by atoms with van der Waals surface area (Å²) in [6, 6.07) is 15.2. The van der Waals surface area contributed by atoms with Gasteiger partial charge < -0.3 is 9.84 Å². The molecule has 3 nitrogen and oxygen atoms in total. The van der Waals surface area contributed by atoms with Crippen LogP contribution in [-0.4, -0.2) is 17.2 Å². The minimum Gasteiger partial charge on any atom is -0.507 e. The minimum atomic E-state index is 0.299. The first-order chi connectivity index (χ1) is 9.78. The zero-order valence-electron chi connectivity index (χ0n) is 10.9. The van der Waals surface area contributed by atoms with Crippen LogP contribution < -0.4 is 4.74 Å². The van der Waals surface area contributed by atoms with Gasteiger partial charge in [0.05, 0.1) is 13.3 Å². The lowest BCUT2D eigenvalue weighted by Gasteiger charge is -2.07. The Kier molecular flexibility index (Phi) is 3.48. The maximum atomic E-state index is 9.89. The Hall–Kier alpha value is -2.20. The molecule has 0 spiro atoms. The highest BCUT2D eigenvalue weighted by Gasteiger charge is 2.07. The van der Waals surface area contributed by atoms with E-state index in [1.54, 1.807) is 31.1 Å². The van der Waals surface area contributed by atoms with Gasteiger partial charge in [0.25, 0.3) is 0 Å². The van der Waals surface area contributed by atoms with Gasteiger partial charge in [-0.3, -0.25) is 0 Å². The van der Waals surface area contributed by atoms with E-state index >= 15 is 0 Å². The molecule has 1 aromatic heterocycles. The van der Waals surface area contributed by atoms with E-state index in [0.717, 1.165) is 26.4 Å². The van der Waals surface area contributed by atoms with Crippen LogP contribution in [0.25, 0.3) is 10.8 Å². The van der Waals surface area contributed by atoms with Crippen molar-refractivity contribution < 1.29 is 9.84 Å². The molecule has 1 heterocycles. The van der Waals surface area contributed by atoms with Crippen LogP contribution in [0.4, 0.5) is 0 Å². The molecule has 0 atom stereocenters. The quantitative estimate of drug-likeness (QED) is 0.786. The lowest BCUT2D eigenvalue weighted by Crippen LogP contribution is -1.85. The number of aromatic hydroxyl groups is 1. The predicted octanol–water partition coefficient (Wildman–Crippen LogP) is 4.10. The van der Waals surface area contributed by atoms with Gasteiger partial charge >= 0.3 is 0 Å². The van der Waals surface area contributed by atoms with E-state index in [1.807, 2.05) is 42.5 Å². The number of benzene rings is 2. The SMILES string of the molecule is COc1ccc(Sc2ccc(O)c3ccccc23)nc1.